The minimum atomic E-state index is -0.599. The van der Waals surface area contributed by atoms with Gasteiger partial charge in [0.25, 0.3) is 5.91 Å². The molecule has 3 aromatic rings. The Hall–Kier alpha value is -4.29. The van der Waals surface area contributed by atoms with Crippen LogP contribution in [0.4, 0.5) is 10.1 Å². The first-order valence-corrected chi connectivity index (χ1v) is 12.4. The number of hydrogen-bond acceptors (Lipinski definition) is 6. The van der Waals surface area contributed by atoms with Crippen molar-refractivity contribution in [1.29, 1.82) is 0 Å². The molecule has 196 valence electrons. The third kappa shape index (κ3) is 7.14. The summed E-state index contributed by atoms with van der Waals surface area (Å²) in [5.41, 5.74) is 8.25. The van der Waals surface area contributed by atoms with Crippen molar-refractivity contribution < 1.29 is 23.5 Å². The minimum absolute atomic E-state index is 0.0725. The molecule has 0 spiro atoms. The van der Waals surface area contributed by atoms with Gasteiger partial charge in [-0.15, -0.1) is 0 Å². The number of benzene rings is 1. The fourth-order valence-corrected chi connectivity index (χ4v) is 4.05. The smallest absolute Gasteiger partial charge is 0.267 e. The van der Waals surface area contributed by atoms with E-state index in [0.717, 1.165) is 48.6 Å². The number of carbonyl (C=O) groups is 2. The summed E-state index contributed by atoms with van der Waals surface area (Å²) in [5, 5.41) is 0. The Bertz CT molecular complexity index is 1360. The van der Waals surface area contributed by atoms with Crippen LogP contribution in [0.1, 0.15) is 46.4 Å². The van der Waals surface area contributed by atoms with Crippen LogP contribution in [0.2, 0.25) is 0 Å². The zero-order chi connectivity index (χ0) is 26.9. The van der Waals surface area contributed by atoms with Crippen LogP contribution in [0.3, 0.4) is 0 Å². The van der Waals surface area contributed by atoms with Crippen molar-refractivity contribution >= 4 is 17.5 Å². The summed E-state index contributed by atoms with van der Waals surface area (Å²) in [4.78, 5) is 31.9. The molecule has 9 heteroatoms. The average molecular weight is 517 g/mol. The maximum Gasteiger partial charge on any atom is 0.267 e. The van der Waals surface area contributed by atoms with Crippen LogP contribution < -0.4 is 15.4 Å². The van der Waals surface area contributed by atoms with Crippen molar-refractivity contribution in [3.8, 4) is 17.6 Å². The largest absolute Gasteiger partial charge is 0.491 e. The highest BCUT2D eigenvalue weighted by atomic mass is 19.1. The van der Waals surface area contributed by atoms with E-state index in [4.69, 9.17) is 15.2 Å². The second-order valence-electron chi connectivity index (χ2n) is 8.93. The van der Waals surface area contributed by atoms with Gasteiger partial charge in [0.1, 0.15) is 11.4 Å². The van der Waals surface area contributed by atoms with Gasteiger partial charge >= 0.3 is 0 Å². The molecule has 0 saturated carbocycles. The lowest BCUT2D eigenvalue weighted by molar-refractivity contribution is -0.118. The third-order valence-corrected chi connectivity index (χ3v) is 6.22. The molecular weight excluding hydrogens is 487 g/mol. The van der Waals surface area contributed by atoms with E-state index in [2.05, 4.69) is 21.8 Å². The van der Waals surface area contributed by atoms with Crippen molar-refractivity contribution in [3.05, 3.63) is 83.2 Å². The van der Waals surface area contributed by atoms with Crippen LogP contribution in [0.5, 0.6) is 5.75 Å². The Kier molecular flexibility index (Phi) is 9.01. The molecule has 1 fully saturated rings. The molecule has 0 atom stereocenters. The van der Waals surface area contributed by atoms with Gasteiger partial charge in [-0.1, -0.05) is 17.9 Å². The topological polar surface area (TPSA) is 108 Å². The quantitative estimate of drug-likeness (QED) is 0.422. The third-order valence-electron chi connectivity index (χ3n) is 6.22. The van der Waals surface area contributed by atoms with Crippen molar-refractivity contribution in [2.45, 2.75) is 25.7 Å². The van der Waals surface area contributed by atoms with Crippen molar-refractivity contribution in [2.75, 3.05) is 31.8 Å². The molecule has 2 aromatic heterocycles. The van der Waals surface area contributed by atoms with Crippen molar-refractivity contribution in [1.82, 2.24) is 9.97 Å². The predicted molar refractivity (Wildman–Crippen MR) is 140 cm³/mol. The zero-order valence-corrected chi connectivity index (χ0v) is 21.2. The molecule has 0 bridgehead atoms. The van der Waals surface area contributed by atoms with Gasteiger partial charge in [-0.2, -0.15) is 4.39 Å². The molecule has 5 rings (SSSR count). The van der Waals surface area contributed by atoms with Crippen LogP contribution in [0.15, 0.2) is 54.9 Å². The second-order valence-corrected chi connectivity index (χ2v) is 8.93. The Labute approximate surface area is 221 Å². The normalized spacial score (nSPS) is 15.1. The molecule has 2 aliphatic rings. The number of fused-ring (bicyclic) bond motifs is 1. The summed E-state index contributed by atoms with van der Waals surface area (Å²) < 4.78 is 24.3. The highest BCUT2D eigenvalue weighted by Crippen LogP contribution is 2.31. The van der Waals surface area contributed by atoms with E-state index in [1.165, 1.54) is 12.4 Å². The van der Waals surface area contributed by atoms with Crippen LogP contribution in [0.25, 0.3) is 0 Å². The molecular formula is C29H29FN4O4. The lowest BCUT2D eigenvalue weighted by Gasteiger charge is -2.17. The van der Waals surface area contributed by atoms with Gasteiger partial charge in [-0.3, -0.25) is 14.6 Å². The van der Waals surface area contributed by atoms with E-state index in [9.17, 15) is 14.0 Å². The van der Waals surface area contributed by atoms with Gasteiger partial charge in [-0.25, -0.2) is 4.98 Å². The Balaban J connectivity index is 0.000000181. The second kappa shape index (κ2) is 12.8. The number of nitrogens with zero attached hydrogens (tertiary/aromatic N) is 3. The lowest BCUT2D eigenvalue weighted by Crippen LogP contribution is -2.25. The number of nitrogens with two attached hydrogens (primary N) is 1. The highest BCUT2D eigenvalue weighted by Gasteiger charge is 2.20. The number of ether oxygens (including phenoxy) is 2. The molecule has 0 radical (unpaired) electrons. The average Bonchev–Trinajstić information content (AvgIpc) is 3.07. The summed E-state index contributed by atoms with van der Waals surface area (Å²) in [7, 11) is 1.78. The van der Waals surface area contributed by atoms with E-state index < -0.39 is 11.9 Å². The highest BCUT2D eigenvalue weighted by molar-refractivity contribution is 5.95. The molecule has 0 unspecified atom stereocenters. The fourth-order valence-electron chi connectivity index (χ4n) is 4.05. The monoisotopic (exact) mass is 516 g/mol. The molecule has 1 aromatic carbocycles. The first kappa shape index (κ1) is 26.8. The maximum atomic E-state index is 13.3. The van der Waals surface area contributed by atoms with E-state index in [1.807, 2.05) is 18.2 Å². The van der Waals surface area contributed by atoms with Crippen LogP contribution in [-0.2, 0) is 16.0 Å². The summed E-state index contributed by atoms with van der Waals surface area (Å²) >= 11 is 0. The number of anilines is 1. The summed E-state index contributed by atoms with van der Waals surface area (Å²) in [5.74, 6) is 6.66. The summed E-state index contributed by atoms with van der Waals surface area (Å²) in [6.45, 7) is 2.03. The van der Waals surface area contributed by atoms with Crippen molar-refractivity contribution in [3.63, 3.8) is 0 Å². The lowest BCUT2D eigenvalue weighted by atomic mass is 10.0. The van der Waals surface area contributed by atoms with Gasteiger partial charge in [-0.05, 0) is 54.8 Å². The SMILES string of the molecule is CN1C(=O)CCOc2ccc(C#CC3CCOCC3)cc21.NC(=O)c1cc(Cc2cccnc2F)ccn1. The van der Waals surface area contributed by atoms with Gasteiger partial charge in [0.2, 0.25) is 11.9 Å². The number of halogens is 1. The molecule has 2 aliphatic heterocycles. The molecule has 4 heterocycles. The predicted octanol–water partition coefficient (Wildman–Crippen LogP) is 3.52. The number of primary amides is 1. The number of carbonyl (C=O) groups excluding carboxylic acids is 2. The van der Waals surface area contributed by atoms with Crippen LogP contribution in [-0.4, -0.2) is 48.7 Å². The summed E-state index contributed by atoms with van der Waals surface area (Å²) in [6, 6.07) is 12.4. The minimum Gasteiger partial charge on any atom is -0.491 e. The first-order chi connectivity index (χ1) is 18.4. The molecule has 38 heavy (non-hydrogen) atoms. The molecule has 8 nitrogen and oxygen atoms in total. The number of amides is 2. The number of pyridine rings is 2. The van der Waals surface area contributed by atoms with Gasteiger partial charge in [0, 0.05) is 56.1 Å². The number of aromatic nitrogens is 2. The van der Waals surface area contributed by atoms with Crippen LogP contribution >= 0.6 is 0 Å². The molecule has 2 amide bonds. The molecule has 2 N–H and O–H groups in total. The zero-order valence-electron chi connectivity index (χ0n) is 21.2. The Morgan fingerprint density at radius 2 is 1.95 bits per heavy atom. The molecule has 0 aliphatic carbocycles. The van der Waals surface area contributed by atoms with E-state index in [0.29, 0.717) is 30.9 Å². The van der Waals surface area contributed by atoms with E-state index in [-0.39, 0.29) is 11.6 Å². The van der Waals surface area contributed by atoms with Gasteiger partial charge in [0.15, 0.2) is 0 Å². The van der Waals surface area contributed by atoms with E-state index in [1.54, 1.807) is 36.2 Å². The maximum absolute atomic E-state index is 13.3. The summed E-state index contributed by atoms with van der Waals surface area (Å²) in [6.07, 6.45) is 5.62. The van der Waals surface area contributed by atoms with E-state index >= 15 is 0 Å². The fraction of sp³-hybridized carbons (Fsp3) is 0.310. The van der Waals surface area contributed by atoms with Crippen molar-refractivity contribution in [2.24, 2.45) is 11.7 Å². The first-order valence-electron chi connectivity index (χ1n) is 12.4. The Morgan fingerprint density at radius 1 is 1.13 bits per heavy atom. The standard InChI is InChI=1S/C17H19NO3.C12H10FN3O/c1-18-15-12-14(3-2-13-6-9-20-10-7-13)4-5-16(15)21-11-8-17(18)19;13-11-9(2-1-4-16-11)6-8-3-5-15-10(7-8)12(14)17/h4-5,12-13H,6-11H2,1H3;1-5,7H,6H2,(H2,14,17). The molecule has 1 saturated heterocycles. The van der Waals surface area contributed by atoms with Gasteiger partial charge < -0.3 is 20.1 Å². The number of rotatable bonds is 3. The van der Waals surface area contributed by atoms with Gasteiger partial charge in [0.05, 0.1) is 18.7 Å². The Morgan fingerprint density at radius 3 is 2.71 bits per heavy atom. The number of hydrogen-bond donors (Lipinski definition) is 1. The van der Waals surface area contributed by atoms with Crippen LogP contribution in [0, 0.1) is 23.7 Å².